The van der Waals surface area contributed by atoms with E-state index in [0.29, 0.717) is 0 Å². The lowest BCUT2D eigenvalue weighted by atomic mass is 9.90. The quantitative estimate of drug-likeness (QED) is 0.0979. The van der Waals surface area contributed by atoms with Gasteiger partial charge in [0.05, 0.1) is 0 Å². The molecule has 0 aliphatic carbocycles. The van der Waals surface area contributed by atoms with E-state index < -0.39 is 0 Å². The fourth-order valence-electron chi connectivity index (χ4n) is 9.14. The molecule has 2 unspecified atom stereocenters. The highest BCUT2D eigenvalue weighted by atomic mass is 32.1. The minimum absolute atomic E-state index is 0.722. The van der Waals surface area contributed by atoms with Crippen molar-refractivity contribution in [1.29, 1.82) is 0 Å². The predicted molar refractivity (Wildman–Crippen MR) is 230 cm³/mol. The van der Waals surface area contributed by atoms with Crippen LogP contribution >= 0.6 is 45.3 Å². The zero-order valence-corrected chi connectivity index (χ0v) is 33.1. The standard InChI is InChI=1S/C46H46S4/c1-5-9-15-27(7-3)25-33-39-29-17-11-19-31-37(29)41(45(39)49-43(33)35-21-13-23-47-35)32-20-12-18-30-38(32)42(31)46-40(30)34(26-28(8-4)16-10-6-2)44(50-46)36-22-14-24-48-36/h11-14,17-24,27-28H,5-10,15-16,25-26H2,1-4H3. The van der Waals surface area contributed by atoms with Crippen LogP contribution in [-0.4, -0.2) is 0 Å². The topological polar surface area (TPSA) is 0 Å². The average Bonchev–Trinajstić information content (AvgIpc) is 3.99. The summed E-state index contributed by atoms with van der Waals surface area (Å²) in [5.41, 5.74) is 3.22. The Hall–Kier alpha value is -3.02. The highest BCUT2D eigenvalue weighted by Crippen LogP contribution is 2.57. The van der Waals surface area contributed by atoms with Crippen LogP contribution in [0.3, 0.4) is 0 Å². The highest BCUT2D eigenvalue weighted by Gasteiger charge is 2.29. The van der Waals surface area contributed by atoms with Gasteiger partial charge < -0.3 is 0 Å². The van der Waals surface area contributed by atoms with Crippen molar-refractivity contribution < 1.29 is 0 Å². The molecular weight excluding hydrogens is 681 g/mol. The van der Waals surface area contributed by atoms with Gasteiger partial charge in [0, 0.05) is 50.5 Å². The second-order valence-corrected chi connectivity index (χ2v) is 18.6. The molecule has 0 spiro atoms. The summed E-state index contributed by atoms with van der Waals surface area (Å²) in [6.07, 6.45) is 12.7. The molecule has 9 aromatic rings. The Bertz CT molecular complexity index is 2360. The van der Waals surface area contributed by atoms with Crippen LogP contribution in [0.25, 0.3) is 82.8 Å². The Morgan fingerprint density at radius 2 is 0.900 bits per heavy atom. The van der Waals surface area contributed by atoms with Gasteiger partial charge in [-0.2, -0.15) is 0 Å². The number of rotatable bonds is 14. The second-order valence-electron chi connectivity index (χ2n) is 14.6. The van der Waals surface area contributed by atoms with E-state index in [1.54, 1.807) is 21.9 Å². The van der Waals surface area contributed by atoms with Crippen LogP contribution in [0.4, 0.5) is 0 Å². The van der Waals surface area contributed by atoms with E-state index in [0.717, 1.165) is 11.8 Å². The second kappa shape index (κ2) is 13.5. The summed E-state index contributed by atoms with van der Waals surface area (Å²) in [7, 11) is 0. The molecule has 5 aromatic carbocycles. The van der Waals surface area contributed by atoms with Crippen molar-refractivity contribution >= 4 is 109 Å². The Morgan fingerprint density at radius 1 is 0.480 bits per heavy atom. The molecule has 0 radical (unpaired) electrons. The molecule has 4 heterocycles. The smallest absolute Gasteiger partial charge is 0.0487 e. The largest absolute Gasteiger partial charge is 0.143 e. The number of thiophene rings is 4. The van der Waals surface area contributed by atoms with Crippen LogP contribution < -0.4 is 0 Å². The molecule has 0 fully saturated rings. The minimum Gasteiger partial charge on any atom is -0.143 e. The molecule has 0 saturated carbocycles. The van der Waals surface area contributed by atoms with Crippen LogP contribution in [0, 0.1) is 11.8 Å². The third-order valence-electron chi connectivity index (χ3n) is 11.7. The van der Waals surface area contributed by atoms with E-state index in [4.69, 9.17) is 0 Å². The van der Waals surface area contributed by atoms with Gasteiger partial charge in [0.1, 0.15) is 0 Å². The summed E-state index contributed by atoms with van der Waals surface area (Å²) in [4.78, 5) is 5.91. The summed E-state index contributed by atoms with van der Waals surface area (Å²) in [6, 6.07) is 23.7. The van der Waals surface area contributed by atoms with Crippen molar-refractivity contribution in [2.75, 3.05) is 0 Å². The van der Waals surface area contributed by atoms with Crippen molar-refractivity contribution in [3.05, 3.63) is 82.6 Å². The van der Waals surface area contributed by atoms with Gasteiger partial charge in [-0.1, -0.05) is 128 Å². The summed E-state index contributed by atoms with van der Waals surface area (Å²) in [5.74, 6) is 1.44. The van der Waals surface area contributed by atoms with Crippen LogP contribution in [0.5, 0.6) is 0 Å². The van der Waals surface area contributed by atoms with Gasteiger partial charge >= 0.3 is 0 Å². The molecule has 0 saturated heterocycles. The Balaban J connectivity index is 1.37. The zero-order valence-electron chi connectivity index (χ0n) is 29.8. The van der Waals surface area contributed by atoms with E-state index in [9.17, 15) is 0 Å². The van der Waals surface area contributed by atoms with Crippen molar-refractivity contribution in [3.8, 4) is 19.5 Å². The fourth-order valence-corrected chi connectivity index (χ4v) is 13.7. The van der Waals surface area contributed by atoms with Gasteiger partial charge in [-0.05, 0) is 91.0 Å². The van der Waals surface area contributed by atoms with E-state index in [1.807, 2.05) is 22.7 Å². The van der Waals surface area contributed by atoms with E-state index in [-0.39, 0.29) is 0 Å². The Kier molecular flexibility index (Phi) is 8.88. The molecule has 0 nitrogen and oxygen atoms in total. The van der Waals surface area contributed by atoms with Crippen molar-refractivity contribution in [3.63, 3.8) is 0 Å². The normalized spacial score (nSPS) is 13.8. The average molecular weight is 727 g/mol. The van der Waals surface area contributed by atoms with Gasteiger partial charge in [-0.25, -0.2) is 0 Å². The highest BCUT2D eigenvalue weighted by molar-refractivity contribution is 7.28. The first-order chi connectivity index (χ1) is 24.7. The molecule has 0 aliphatic rings. The summed E-state index contributed by atoms with van der Waals surface area (Å²) in [6.45, 7) is 9.49. The van der Waals surface area contributed by atoms with Crippen LogP contribution in [0.2, 0.25) is 0 Å². The van der Waals surface area contributed by atoms with Crippen molar-refractivity contribution in [2.45, 2.75) is 91.9 Å². The van der Waals surface area contributed by atoms with Crippen molar-refractivity contribution in [1.82, 2.24) is 0 Å². The molecule has 0 N–H and O–H groups in total. The lowest BCUT2D eigenvalue weighted by molar-refractivity contribution is 0.451. The van der Waals surface area contributed by atoms with E-state index >= 15 is 0 Å². The maximum atomic E-state index is 2.45. The molecule has 4 heteroatoms. The van der Waals surface area contributed by atoms with Crippen LogP contribution in [0.15, 0.2) is 71.4 Å². The summed E-state index contributed by atoms with van der Waals surface area (Å²) < 4.78 is 3.04. The number of fused-ring (bicyclic) bond motifs is 8. The number of unbranched alkanes of at least 4 members (excludes halogenated alkanes) is 2. The van der Waals surface area contributed by atoms with Gasteiger partial charge in [-0.3, -0.25) is 0 Å². The maximum Gasteiger partial charge on any atom is 0.0487 e. The minimum atomic E-state index is 0.722. The SMILES string of the molecule is CCCCC(CC)Cc1c(-c2cccs2)sc2c1c1cccc3c1c2c1cccc2c4c(CC(CC)CCCC)c(-c5cccs5)sc4c3c21. The van der Waals surface area contributed by atoms with Gasteiger partial charge in [0.2, 0.25) is 0 Å². The Morgan fingerprint density at radius 3 is 1.26 bits per heavy atom. The van der Waals surface area contributed by atoms with Gasteiger partial charge in [0.15, 0.2) is 0 Å². The molecule has 4 aromatic heterocycles. The first-order valence-electron chi connectivity index (χ1n) is 19.1. The summed E-state index contributed by atoms with van der Waals surface area (Å²) >= 11 is 7.99. The maximum absolute atomic E-state index is 2.45. The van der Waals surface area contributed by atoms with Gasteiger partial charge in [-0.15, -0.1) is 45.3 Å². The molecular formula is C46H46S4. The molecule has 0 bridgehead atoms. The summed E-state index contributed by atoms with van der Waals surface area (Å²) in [5, 5.41) is 19.5. The fraction of sp³-hybridized carbons (Fsp3) is 0.348. The molecule has 0 amide bonds. The first kappa shape index (κ1) is 32.9. The number of hydrogen-bond donors (Lipinski definition) is 0. The number of hydrogen-bond acceptors (Lipinski definition) is 4. The third kappa shape index (κ3) is 5.07. The van der Waals surface area contributed by atoms with Crippen LogP contribution in [0.1, 0.15) is 90.2 Å². The van der Waals surface area contributed by atoms with Crippen LogP contribution in [-0.2, 0) is 12.8 Å². The van der Waals surface area contributed by atoms with E-state index in [2.05, 4.69) is 122 Å². The van der Waals surface area contributed by atoms with E-state index in [1.165, 1.54) is 136 Å². The Labute approximate surface area is 312 Å². The lowest BCUT2D eigenvalue weighted by Crippen LogP contribution is -2.03. The first-order valence-corrected chi connectivity index (χ1v) is 22.5. The molecule has 9 rings (SSSR count). The molecule has 0 aliphatic heterocycles. The zero-order chi connectivity index (χ0) is 33.9. The number of benzene rings is 3. The molecule has 254 valence electrons. The lowest BCUT2D eigenvalue weighted by Gasteiger charge is -2.15. The monoisotopic (exact) mass is 726 g/mol. The predicted octanol–water partition coefficient (Wildman–Crippen LogP) is 16.6. The third-order valence-corrected chi connectivity index (χ3v) is 16.3. The van der Waals surface area contributed by atoms with Gasteiger partial charge in [0.25, 0.3) is 0 Å². The van der Waals surface area contributed by atoms with Crippen molar-refractivity contribution in [2.24, 2.45) is 11.8 Å². The molecule has 50 heavy (non-hydrogen) atoms. The molecule has 2 atom stereocenters.